The molecule has 2 saturated heterocycles. The smallest absolute Gasteiger partial charge is 0.318 e. The van der Waals surface area contributed by atoms with E-state index in [1.807, 2.05) is 4.90 Å². The van der Waals surface area contributed by atoms with Crippen LogP contribution in [0, 0.1) is 5.92 Å². The van der Waals surface area contributed by atoms with Crippen molar-refractivity contribution >= 4 is 17.8 Å². The largest absolute Gasteiger partial charge is 0.351 e. The first-order valence-electron chi connectivity index (χ1n) is 8.66. The van der Waals surface area contributed by atoms with Crippen molar-refractivity contribution in [3.05, 3.63) is 0 Å². The average molecular weight is 324 g/mol. The maximum Gasteiger partial charge on any atom is 0.318 e. The number of nitrogens with zero attached hydrogens (tertiary/aromatic N) is 2. The Morgan fingerprint density at radius 1 is 0.957 bits per heavy atom. The van der Waals surface area contributed by atoms with Crippen LogP contribution in [0.15, 0.2) is 0 Å². The van der Waals surface area contributed by atoms with Gasteiger partial charge in [-0.3, -0.25) is 14.9 Å². The van der Waals surface area contributed by atoms with E-state index in [9.17, 15) is 14.4 Å². The number of amides is 4. The molecule has 0 aliphatic carbocycles. The SMILES string of the molecule is NC(=O)NC(=O)CCN1CCC(C(=O)N2CCCCCC2)CC1. The van der Waals surface area contributed by atoms with Gasteiger partial charge in [0.2, 0.25) is 11.8 Å². The fourth-order valence-corrected chi connectivity index (χ4v) is 3.41. The Balaban J connectivity index is 1.69. The lowest BCUT2D eigenvalue weighted by molar-refractivity contribution is -0.137. The summed E-state index contributed by atoms with van der Waals surface area (Å²) >= 11 is 0. The molecule has 0 radical (unpaired) electrons. The molecule has 4 amide bonds. The van der Waals surface area contributed by atoms with Gasteiger partial charge in [-0.2, -0.15) is 0 Å². The molecule has 0 aromatic heterocycles. The van der Waals surface area contributed by atoms with Crippen molar-refractivity contribution in [3.63, 3.8) is 0 Å². The van der Waals surface area contributed by atoms with Crippen LogP contribution in [0.4, 0.5) is 4.79 Å². The average Bonchev–Trinajstić information content (AvgIpc) is 2.81. The number of hydrogen-bond donors (Lipinski definition) is 2. The zero-order valence-corrected chi connectivity index (χ0v) is 13.8. The van der Waals surface area contributed by atoms with Gasteiger partial charge in [0.1, 0.15) is 0 Å². The second kappa shape index (κ2) is 8.86. The van der Waals surface area contributed by atoms with Crippen LogP contribution in [0.2, 0.25) is 0 Å². The van der Waals surface area contributed by atoms with E-state index in [1.54, 1.807) is 0 Å². The third-order valence-electron chi connectivity index (χ3n) is 4.77. The number of rotatable bonds is 4. The van der Waals surface area contributed by atoms with Crippen LogP contribution in [0.25, 0.3) is 0 Å². The van der Waals surface area contributed by atoms with Crippen molar-refractivity contribution in [2.24, 2.45) is 11.7 Å². The molecule has 3 N–H and O–H groups in total. The minimum absolute atomic E-state index is 0.129. The van der Waals surface area contributed by atoms with E-state index < -0.39 is 6.03 Å². The number of urea groups is 1. The second-order valence-corrected chi connectivity index (χ2v) is 6.52. The summed E-state index contributed by atoms with van der Waals surface area (Å²) in [5, 5.41) is 2.07. The Morgan fingerprint density at radius 2 is 1.57 bits per heavy atom. The quantitative estimate of drug-likeness (QED) is 0.795. The molecule has 0 unspecified atom stereocenters. The number of carbonyl (C=O) groups excluding carboxylic acids is 3. The lowest BCUT2D eigenvalue weighted by Gasteiger charge is -2.33. The van der Waals surface area contributed by atoms with Gasteiger partial charge >= 0.3 is 6.03 Å². The van der Waals surface area contributed by atoms with Crippen LogP contribution < -0.4 is 11.1 Å². The molecule has 2 aliphatic rings. The van der Waals surface area contributed by atoms with Gasteiger partial charge in [-0.1, -0.05) is 12.8 Å². The predicted octanol–water partition coefficient (Wildman–Crippen LogP) is 0.686. The summed E-state index contributed by atoms with van der Waals surface area (Å²) < 4.78 is 0. The van der Waals surface area contributed by atoms with Crippen molar-refractivity contribution in [3.8, 4) is 0 Å². The molecule has 7 heteroatoms. The molecule has 2 fully saturated rings. The van der Waals surface area contributed by atoms with Crippen molar-refractivity contribution in [2.45, 2.75) is 44.9 Å². The molecule has 0 atom stereocenters. The lowest BCUT2D eigenvalue weighted by Crippen LogP contribution is -2.44. The van der Waals surface area contributed by atoms with E-state index in [0.29, 0.717) is 12.5 Å². The fourth-order valence-electron chi connectivity index (χ4n) is 3.41. The molecule has 0 bridgehead atoms. The van der Waals surface area contributed by atoms with Crippen LogP contribution in [0.1, 0.15) is 44.9 Å². The van der Waals surface area contributed by atoms with Crippen molar-refractivity contribution < 1.29 is 14.4 Å². The van der Waals surface area contributed by atoms with Crippen LogP contribution in [0.3, 0.4) is 0 Å². The molecular formula is C16H28N4O3. The zero-order chi connectivity index (χ0) is 16.7. The molecular weight excluding hydrogens is 296 g/mol. The molecule has 0 aromatic carbocycles. The van der Waals surface area contributed by atoms with E-state index in [4.69, 9.17) is 5.73 Å². The Morgan fingerprint density at radius 3 is 2.13 bits per heavy atom. The predicted molar refractivity (Wildman–Crippen MR) is 86.6 cm³/mol. The number of nitrogens with two attached hydrogens (primary N) is 1. The van der Waals surface area contributed by atoms with E-state index in [2.05, 4.69) is 10.2 Å². The van der Waals surface area contributed by atoms with Gasteiger partial charge in [-0.25, -0.2) is 4.79 Å². The first kappa shape index (κ1) is 17.7. The topological polar surface area (TPSA) is 95.7 Å². The molecule has 130 valence electrons. The Bertz CT molecular complexity index is 425. The van der Waals surface area contributed by atoms with Gasteiger partial charge < -0.3 is 15.5 Å². The summed E-state index contributed by atoms with van der Waals surface area (Å²) in [4.78, 5) is 38.8. The Labute approximate surface area is 137 Å². The third kappa shape index (κ3) is 5.82. The van der Waals surface area contributed by atoms with E-state index >= 15 is 0 Å². The lowest BCUT2D eigenvalue weighted by atomic mass is 9.95. The van der Waals surface area contributed by atoms with Crippen molar-refractivity contribution in [2.75, 3.05) is 32.7 Å². The number of likely N-dealkylation sites (tertiary alicyclic amines) is 2. The van der Waals surface area contributed by atoms with Crippen LogP contribution in [-0.2, 0) is 9.59 Å². The third-order valence-corrected chi connectivity index (χ3v) is 4.77. The minimum atomic E-state index is -0.809. The highest BCUT2D eigenvalue weighted by Gasteiger charge is 2.28. The maximum absolute atomic E-state index is 12.6. The standard InChI is InChI=1S/C16H28N4O3/c17-16(23)18-14(21)7-12-19-10-5-13(6-11-19)15(22)20-8-3-1-2-4-9-20/h13H,1-12H2,(H3,17,18,21,23). The molecule has 2 aliphatic heterocycles. The van der Waals surface area contributed by atoms with Gasteiger partial charge in [-0.05, 0) is 38.8 Å². The number of primary amides is 1. The van der Waals surface area contributed by atoms with Gasteiger partial charge in [0.25, 0.3) is 0 Å². The number of piperidine rings is 1. The molecule has 0 spiro atoms. The number of imide groups is 1. The Kier molecular flexibility index (Phi) is 6.83. The normalized spacial score (nSPS) is 20.8. The molecule has 2 heterocycles. The summed E-state index contributed by atoms with van der Waals surface area (Å²) in [6.45, 7) is 4.07. The van der Waals surface area contributed by atoms with E-state index in [-0.39, 0.29) is 18.2 Å². The summed E-state index contributed by atoms with van der Waals surface area (Å²) in [5.74, 6) is 0.0992. The van der Waals surface area contributed by atoms with Crippen LogP contribution >= 0.6 is 0 Å². The van der Waals surface area contributed by atoms with Gasteiger partial charge in [0.05, 0.1) is 0 Å². The Hall–Kier alpha value is -1.63. The highest BCUT2D eigenvalue weighted by molar-refractivity contribution is 5.93. The first-order valence-corrected chi connectivity index (χ1v) is 8.66. The highest BCUT2D eigenvalue weighted by Crippen LogP contribution is 2.21. The van der Waals surface area contributed by atoms with Crippen LogP contribution in [0.5, 0.6) is 0 Å². The number of nitrogens with one attached hydrogen (secondary N) is 1. The summed E-state index contributed by atoms with van der Waals surface area (Å²) in [5.41, 5.74) is 4.91. The molecule has 0 saturated carbocycles. The first-order chi connectivity index (χ1) is 11.1. The zero-order valence-electron chi connectivity index (χ0n) is 13.8. The van der Waals surface area contributed by atoms with Crippen molar-refractivity contribution in [1.29, 1.82) is 0 Å². The van der Waals surface area contributed by atoms with Crippen LogP contribution in [-0.4, -0.2) is 60.4 Å². The number of hydrogen-bond acceptors (Lipinski definition) is 4. The fraction of sp³-hybridized carbons (Fsp3) is 0.812. The second-order valence-electron chi connectivity index (χ2n) is 6.52. The number of carbonyl (C=O) groups is 3. The molecule has 23 heavy (non-hydrogen) atoms. The van der Waals surface area contributed by atoms with Crippen molar-refractivity contribution in [1.82, 2.24) is 15.1 Å². The van der Waals surface area contributed by atoms with Gasteiger partial charge in [-0.15, -0.1) is 0 Å². The highest BCUT2D eigenvalue weighted by atomic mass is 16.2. The van der Waals surface area contributed by atoms with E-state index in [0.717, 1.165) is 51.9 Å². The molecule has 7 nitrogen and oxygen atoms in total. The minimum Gasteiger partial charge on any atom is -0.351 e. The molecule has 2 rings (SSSR count). The summed E-state index contributed by atoms with van der Waals surface area (Å²) in [7, 11) is 0. The van der Waals surface area contributed by atoms with Gasteiger partial charge in [0, 0.05) is 32.0 Å². The maximum atomic E-state index is 12.6. The molecule has 0 aromatic rings. The van der Waals surface area contributed by atoms with E-state index in [1.165, 1.54) is 12.8 Å². The van der Waals surface area contributed by atoms with Gasteiger partial charge in [0.15, 0.2) is 0 Å². The summed E-state index contributed by atoms with van der Waals surface area (Å²) in [6, 6.07) is -0.809. The monoisotopic (exact) mass is 324 g/mol. The summed E-state index contributed by atoms with van der Waals surface area (Å²) in [6.07, 6.45) is 6.68.